The fourth-order valence-electron chi connectivity index (χ4n) is 3.42. The van der Waals surface area contributed by atoms with Gasteiger partial charge in [0.05, 0.1) is 5.56 Å². The van der Waals surface area contributed by atoms with Crippen molar-refractivity contribution >= 4 is 23.7 Å². The van der Waals surface area contributed by atoms with Gasteiger partial charge in [0.25, 0.3) is 0 Å². The lowest BCUT2D eigenvalue weighted by Gasteiger charge is -2.11. The molecule has 2 aromatic carbocycles. The van der Waals surface area contributed by atoms with E-state index < -0.39 is 17.9 Å². The Kier molecular flexibility index (Phi) is 12.2. The number of ether oxygens (including phenoxy) is 1. The molecule has 0 aromatic heterocycles. The Morgan fingerprint density at radius 2 is 1.29 bits per heavy atom. The highest BCUT2D eigenvalue weighted by Crippen LogP contribution is 2.24. The van der Waals surface area contributed by atoms with Gasteiger partial charge in [-0.05, 0) is 43.2 Å². The number of Topliss-reactive ketones (excluding diaryl/α,β-unsaturated/α-hetero) is 1. The Labute approximate surface area is 206 Å². The van der Waals surface area contributed by atoms with Crippen molar-refractivity contribution in [3.8, 4) is 5.75 Å². The third kappa shape index (κ3) is 9.73. The molecule has 0 aliphatic rings. The van der Waals surface area contributed by atoms with Crippen molar-refractivity contribution in [2.45, 2.75) is 78.1 Å². The fourth-order valence-corrected chi connectivity index (χ4v) is 3.42. The maximum absolute atomic E-state index is 12.7. The third-order valence-electron chi connectivity index (χ3n) is 5.44. The monoisotopic (exact) mass is 482 g/mol. The van der Waals surface area contributed by atoms with Crippen LogP contribution in [0.4, 0.5) is 0 Å². The van der Waals surface area contributed by atoms with E-state index in [-0.39, 0.29) is 29.1 Å². The first-order valence-electron chi connectivity index (χ1n) is 12.3. The molecule has 0 saturated heterocycles. The van der Waals surface area contributed by atoms with Gasteiger partial charge in [0, 0.05) is 18.4 Å². The van der Waals surface area contributed by atoms with Gasteiger partial charge in [-0.2, -0.15) is 0 Å². The number of carbonyl (C=O) groups is 4. The van der Waals surface area contributed by atoms with E-state index in [1.165, 1.54) is 30.3 Å². The molecule has 0 amide bonds. The second-order valence-electron chi connectivity index (χ2n) is 8.34. The number of rotatable bonds is 14. The molecule has 0 N–H and O–H groups in total. The van der Waals surface area contributed by atoms with Crippen molar-refractivity contribution in [1.29, 1.82) is 0 Å². The number of hydrogen-bond acceptors (Lipinski definition) is 7. The van der Waals surface area contributed by atoms with Gasteiger partial charge in [-0.25, -0.2) is 19.4 Å². The minimum absolute atomic E-state index is 0.0493. The Morgan fingerprint density at radius 1 is 0.657 bits per heavy atom. The molecule has 0 unspecified atom stereocenters. The second-order valence-corrected chi connectivity index (χ2v) is 8.34. The summed E-state index contributed by atoms with van der Waals surface area (Å²) in [6.45, 7) is 4.15. The van der Waals surface area contributed by atoms with E-state index in [1.807, 2.05) is 6.92 Å². The lowest BCUT2D eigenvalue weighted by Crippen LogP contribution is -2.16. The average molecular weight is 483 g/mol. The van der Waals surface area contributed by atoms with Gasteiger partial charge in [0.15, 0.2) is 5.78 Å². The van der Waals surface area contributed by atoms with Crippen LogP contribution in [-0.4, -0.2) is 23.7 Å². The first kappa shape index (κ1) is 27.8. The van der Waals surface area contributed by atoms with Crippen LogP contribution < -0.4 is 4.74 Å². The normalized spacial score (nSPS) is 10.5. The summed E-state index contributed by atoms with van der Waals surface area (Å²) in [4.78, 5) is 59.2. The highest BCUT2D eigenvalue weighted by atomic mass is 17.2. The zero-order valence-corrected chi connectivity index (χ0v) is 20.5. The molecule has 0 atom stereocenters. The predicted molar refractivity (Wildman–Crippen MR) is 131 cm³/mol. The highest BCUT2D eigenvalue weighted by molar-refractivity contribution is 6.01. The summed E-state index contributed by atoms with van der Waals surface area (Å²) in [5.41, 5.74) is 0.342. The molecule has 0 radical (unpaired) electrons. The maximum atomic E-state index is 12.7. The van der Waals surface area contributed by atoms with E-state index in [2.05, 4.69) is 11.8 Å². The van der Waals surface area contributed by atoms with Crippen molar-refractivity contribution in [2.75, 3.05) is 0 Å². The SMILES string of the molecule is CCCCCCCC(=O)c1ccc(OC(=O)CCCCC)c(C(=O)OOC(=O)c2ccccc2)c1. The molecule has 0 bridgehead atoms. The molecule has 0 aliphatic carbocycles. The summed E-state index contributed by atoms with van der Waals surface area (Å²) in [5, 5.41) is 0. The van der Waals surface area contributed by atoms with E-state index >= 15 is 0 Å². The number of benzene rings is 2. The molecule has 188 valence electrons. The maximum Gasteiger partial charge on any atom is 0.390 e. The molecule has 0 saturated carbocycles. The molecular formula is C28H34O7. The smallest absolute Gasteiger partial charge is 0.390 e. The van der Waals surface area contributed by atoms with Gasteiger partial charge in [-0.3, -0.25) is 9.59 Å². The molecule has 0 spiro atoms. The predicted octanol–water partition coefficient (Wildman–Crippen LogP) is 6.64. The van der Waals surface area contributed by atoms with Gasteiger partial charge in [0.1, 0.15) is 11.3 Å². The molecular weight excluding hydrogens is 448 g/mol. The standard InChI is InChI=1S/C28H34O7/c1-3-5-7-8-13-16-24(29)22-18-19-25(33-26(30)17-10-6-4-2)23(20-22)28(32)35-34-27(31)21-14-11-9-12-15-21/h9,11-12,14-15,18-20H,3-8,10,13,16-17H2,1-2H3. The number of esters is 1. The van der Waals surface area contributed by atoms with E-state index in [0.717, 1.165) is 44.9 Å². The summed E-state index contributed by atoms with van der Waals surface area (Å²) >= 11 is 0. The van der Waals surface area contributed by atoms with Crippen molar-refractivity contribution in [2.24, 2.45) is 0 Å². The Bertz CT molecular complexity index is 982. The number of ketones is 1. The van der Waals surface area contributed by atoms with Gasteiger partial charge in [0.2, 0.25) is 0 Å². The van der Waals surface area contributed by atoms with Crippen LogP contribution in [0.3, 0.4) is 0 Å². The largest absolute Gasteiger partial charge is 0.426 e. The average Bonchev–Trinajstić information content (AvgIpc) is 2.87. The number of carbonyl (C=O) groups excluding carboxylic acids is 4. The summed E-state index contributed by atoms with van der Waals surface area (Å²) < 4.78 is 5.37. The van der Waals surface area contributed by atoms with Gasteiger partial charge < -0.3 is 4.74 Å². The topological polar surface area (TPSA) is 96.0 Å². The summed E-state index contributed by atoms with van der Waals surface area (Å²) in [6, 6.07) is 12.3. The van der Waals surface area contributed by atoms with Crippen LogP contribution in [0, 0.1) is 0 Å². The van der Waals surface area contributed by atoms with E-state index in [0.29, 0.717) is 18.4 Å². The second kappa shape index (κ2) is 15.4. The Morgan fingerprint density at radius 3 is 2.00 bits per heavy atom. The quantitative estimate of drug-likeness (QED) is 0.0743. The van der Waals surface area contributed by atoms with Crippen LogP contribution in [0.1, 0.15) is 109 Å². The summed E-state index contributed by atoms with van der Waals surface area (Å²) in [7, 11) is 0. The van der Waals surface area contributed by atoms with E-state index in [9.17, 15) is 19.2 Å². The zero-order chi connectivity index (χ0) is 25.5. The fraction of sp³-hybridized carbons (Fsp3) is 0.429. The highest BCUT2D eigenvalue weighted by Gasteiger charge is 2.22. The summed E-state index contributed by atoms with van der Waals surface area (Å²) in [6.07, 6.45) is 8.06. The van der Waals surface area contributed by atoms with Crippen molar-refractivity contribution in [3.63, 3.8) is 0 Å². The molecule has 0 fully saturated rings. The van der Waals surface area contributed by atoms with Crippen molar-refractivity contribution < 1.29 is 33.7 Å². The minimum Gasteiger partial charge on any atom is -0.426 e. The number of unbranched alkanes of at least 4 members (excludes halogenated alkanes) is 6. The number of hydrogen-bond donors (Lipinski definition) is 0. The van der Waals surface area contributed by atoms with Crippen LogP contribution in [0.2, 0.25) is 0 Å². The van der Waals surface area contributed by atoms with Crippen LogP contribution in [-0.2, 0) is 14.6 Å². The lowest BCUT2D eigenvalue weighted by molar-refractivity contribution is -0.187. The third-order valence-corrected chi connectivity index (χ3v) is 5.44. The molecule has 2 rings (SSSR count). The first-order valence-corrected chi connectivity index (χ1v) is 12.3. The van der Waals surface area contributed by atoms with E-state index in [1.54, 1.807) is 18.2 Å². The molecule has 2 aromatic rings. The van der Waals surface area contributed by atoms with Gasteiger partial charge in [-0.15, -0.1) is 0 Å². The molecule has 0 heterocycles. The first-order chi connectivity index (χ1) is 17.0. The minimum atomic E-state index is -1.04. The Hall–Kier alpha value is -3.48. The van der Waals surface area contributed by atoms with Crippen molar-refractivity contribution in [3.05, 3.63) is 65.2 Å². The lowest BCUT2D eigenvalue weighted by atomic mass is 10.0. The van der Waals surface area contributed by atoms with Crippen LogP contribution >= 0.6 is 0 Å². The molecule has 7 heteroatoms. The summed E-state index contributed by atoms with van der Waals surface area (Å²) in [5.74, 6) is -2.56. The van der Waals surface area contributed by atoms with Crippen LogP contribution in [0.25, 0.3) is 0 Å². The molecule has 0 aliphatic heterocycles. The van der Waals surface area contributed by atoms with Crippen molar-refractivity contribution in [1.82, 2.24) is 0 Å². The van der Waals surface area contributed by atoms with Gasteiger partial charge in [-0.1, -0.05) is 70.6 Å². The molecule has 35 heavy (non-hydrogen) atoms. The van der Waals surface area contributed by atoms with Gasteiger partial charge >= 0.3 is 17.9 Å². The Balaban J connectivity index is 2.13. The molecule has 7 nitrogen and oxygen atoms in total. The zero-order valence-electron chi connectivity index (χ0n) is 20.5. The van der Waals surface area contributed by atoms with E-state index in [4.69, 9.17) is 9.62 Å². The van der Waals surface area contributed by atoms with Crippen LogP contribution in [0.15, 0.2) is 48.5 Å². The van der Waals surface area contributed by atoms with Crippen LogP contribution in [0.5, 0.6) is 5.75 Å².